The van der Waals surface area contributed by atoms with Gasteiger partial charge in [-0.05, 0) is 42.2 Å². The van der Waals surface area contributed by atoms with Gasteiger partial charge >= 0.3 is 0 Å². The number of rotatable bonds is 6. The molecule has 0 N–H and O–H groups in total. The Bertz CT molecular complexity index is 388. The van der Waals surface area contributed by atoms with Crippen LogP contribution in [0, 0.1) is 11.3 Å². The number of hydrogen-bond acceptors (Lipinski definition) is 1. The highest BCUT2D eigenvalue weighted by atomic mass is 35.5. The Balaban J connectivity index is 2.04. The molecule has 1 unspecified atom stereocenters. The van der Waals surface area contributed by atoms with Crippen molar-refractivity contribution in [2.45, 2.75) is 43.3 Å². The Hall–Kier alpha value is 0.150. The summed E-state index contributed by atoms with van der Waals surface area (Å²) in [6, 6.07) is 8.73. The fourth-order valence-corrected chi connectivity index (χ4v) is 5.29. The van der Waals surface area contributed by atoms with Crippen LogP contribution in [0.4, 0.5) is 0 Å². The second-order valence-corrected chi connectivity index (χ2v) is 8.00. The van der Waals surface area contributed by atoms with E-state index in [0.29, 0.717) is 22.9 Å². The molecule has 0 fully saturated rings. The zero-order valence-corrected chi connectivity index (χ0v) is 14.0. The number of halogens is 2. The molecule has 19 heavy (non-hydrogen) atoms. The first kappa shape index (κ1) is 15.5. The normalized spacial score (nSPS) is 18.9. The Labute approximate surface area is 131 Å². The molecule has 1 atom stereocenters. The van der Waals surface area contributed by atoms with Crippen molar-refractivity contribution in [2.75, 3.05) is 11.8 Å². The summed E-state index contributed by atoms with van der Waals surface area (Å²) in [5, 5.41) is 0.633. The predicted molar refractivity (Wildman–Crippen MR) is 87.7 cm³/mol. The number of hydrogen-bond donors (Lipinski definition) is 0. The van der Waals surface area contributed by atoms with Gasteiger partial charge in [-0.3, -0.25) is 0 Å². The van der Waals surface area contributed by atoms with Crippen molar-refractivity contribution in [2.24, 2.45) is 11.3 Å². The van der Waals surface area contributed by atoms with Crippen molar-refractivity contribution in [3.63, 3.8) is 0 Å². The van der Waals surface area contributed by atoms with Crippen LogP contribution in [0.5, 0.6) is 0 Å². The highest BCUT2D eigenvalue weighted by molar-refractivity contribution is 8.00. The van der Waals surface area contributed by atoms with E-state index < -0.39 is 0 Å². The van der Waals surface area contributed by atoms with E-state index in [2.05, 4.69) is 38.1 Å². The zero-order chi connectivity index (χ0) is 13.9. The van der Waals surface area contributed by atoms with Crippen LogP contribution in [-0.4, -0.2) is 17.0 Å². The van der Waals surface area contributed by atoms with Crippen LogP contribution in [0.15, 0.2) is 29.2 Å². The topological polar surface area (TPSA) is 0 Å². The molecule has 106 valence electrons. The maximum absolute atomic E-state index is 6.26. The molecule has 0 saturated heterocycles. The standard InChI is InChI=1S/C16H22Cl2S/c1-12(2)8-16(10-17,11-18)9-14-7-13-5-3-4-6-15(13)19-14/h3-6,12,14H,7-11H2,1-2H3. The molecule has 0 saturated carbocycles. The van der Waals surface area contributed by atoms with Crippen LogP contribution in [-0.2, 0) is 6.42 Å². The summed E-state index contributed by atoms with van der Waals surface area (Å²) in [5.41, 5.74) is 1.58. The molecular formula is C16H22Cl2S. The zero-order valence-electron chi connectivity index (χ0n) is 11.7. The Morgan fingerprint density at radius 1 is 1.26 bits per heavy atom. The molecule has 1 heterocycles. The van der Waals surface area contributed by atoms with Crippen LogP contribution >= 0.6 is 35.0 Å². The van der Waals surface area contributed by atoms with Crippen molar-refractivity contribution in [1.29, 1.82) is 0 Å². The van der Waals surface area contributed by atoms with Gasteiger partial charge in [-0.25, -0.2) is 0 Å². The molecule has 2 rings (SSSR count). The first-order chi connectivity index (χ1) is 9.08. The molecular weight excluding hydrogens is 295 g/mol. The Morgan fingerprint density at radius 2 is 1.95 bits per heavy atom. The van der Waals surface area contributed by atoms with E-state index in [4.69, 9.17) is 23.2 Å². The van der Waals surface area contributed by atoms with E-state index in [9.17, 15) is 0 Å². The van der Waals surface area contributed by atoms with Gasteiger partial charge in [-0.15, -0.1) is 35.0 Å². The fourth-order valence-electron chi connectivity index (χ4n) is 3.05. The lowest BCUT2D eigenvalue weighted by Crippen LogP contribution is -2.31. The number of alkyl halides is 2. The highest BCUT2D eigenvalue weighted by Crippen LogP contribution is 2.44. The predicted octanol–water partition coefficient (Wildman–Crippen LogP) is 5.60. The summed E-state index contributed by atoms with van der Waals surface area (Å²) in [5.74, 6) is 1.98. The van der Waals surface area contributed by atoms with Crippen molar-refractivity contribution >= 4 is 35.0 Å². The highest BCUT2D eigenvalue weighted by Gasteiger charge is 2.35. The van der Waals surface area contributed by atoms with E-state index in [-0.39, 0.29) is 5.41 Å². The molecule has 1 aliphatic rings. The second kappa shape index (κ2) is 6.74. The SMILES string of the molecule is CC(C)CC(CCl)(CCl)CC1Cc2ccccc2S1. The van der Waals surface area contributed by atoms with Crippen LogP contribution in [0.2, 0.25) is 0 Å². The largest absolute Gasteiger partial charge is 0.126 e. The molecule has 0 spiro atoms. The molecule has 3 heteroatoms. The van der Waals surface area contributed by atoms with Crippen molar-refractivity contribution in [3.05, 3.63) is 29.8 Å². The first-order valence-corrected chi connectivity index (χ1v) is 8.90. The van der Waals surface area contributed by atoms with E-state index >= 15 is 0 Å². The summed E-state index contributed by atoms with van der Waals surface area (Å²) >= 11 is 14.5. The molecule has 0 radical (unpaired) electrons. The summed E-state index contributed by atoms with van der Waals surface area (Å²) in [4.78, 5) is 1.44. The van der Waals surface area contributed by atoms with E-state index in [0.717, 1.165) is 19.3 Å². The van der Waals surface area contributed by atoms with E-state index in [1.54, 1.807) is 0 Å². The summed E-state index contributed by atoms with van der Waals surface area (Å²) in [6.07, 6.45) is 3.40. The Kier molecular flexibility index (Phi) is 5.51. The van der Waals surface area contributed by atoms with Crippen LogP contribution < -0.4 is 0 Å². The summed E-state index contributed by atoms with van der Waals surface area (Å²) in [7, 11) is 0. The molecule has 0 amide bonds. The van der Waals surface area contributed by atoms with Gasteiger partial charge in [-0.2, -0.15) is 0 Å². The van der Waals surface area contributed by atoms with Crippen molar-refractivity contribution in [3.8, 4) is 0 Å². The minimum absolute atomic E-state index is 0.0942. The first-order valence-electron chi connectivity index (χ1n) is 6.95. The monoisotopic (exact) mass is 316 g/mol. The number of fused-ring (bicyclic) bond motifs is 1. The molecule has 1 aromatic rings. The third-order valence-electron chi connectivity index (χ3n) is 3.78. The van der Waals surface area contributed by atoms with Gasteiger partial charge in [0.1, 0.15) is 0 Å². The average Bonchev–Trinajstić information content (AvgIpc) is 2.79. The number of benzene rings is 1. The maximum atomic E-state index is 6.26. The molecule has 1 aromatic carbocycles. The number of thioether (sulfide) groups is 1. The van der Waals surface area contributed by atoms with Gasteiger partial charge in [0.2, 0.25) is 0 Å². The van der Waals surface area contributed by atoms with Gasteiger partial charge in [0.25, 0.3) is 0 Å². The third kappa shape index (κ3) is 3.83. The minimum Gasteiger partial charge on any atom is -0.126 e. The lowest BCUT2D eigenvalue weighted by atomic mass is 9.79. The van der Waals surface area contributed by atoms with E-state index in [1.807, 2.05) is 11.8 Å². The summed E-state index contributed by atoms with van der Waals surface area (Å²) < 4.78 is 0. The Morgan fingerprint density at radius 3 is 2.53 bits per heavy atom. The average molecular weight is 317 g/mol. The molecule has 0 nitrogen and oxygen atoms in total. The van der Waals surface area contributed by atoms with Gasteiger partial charge in [0.05, 0.1) is 0 Å². The second-order valence-electron chi connectivity index (χ2n) is 6.12. The lowest BCUT2D eigenvalue weighted by Gasteiger charge is -2.33. The van der Waals surface area contributed by atoms with Gasteiger partial charge in [-0.1, -0.05) is 32.0 Å². The van der Waals surface area contributed by atoms with Crippen LogP contribution in [0.3, 0.4) is 0 Å². The lowest BCUT2D eigenvalue weighted by molar-refractivity contribution is 0.273. The third-order valence-corrected chi connectivity index (χ3v) is 6.24. The van der Waals surface area contributed by atoms with Gasteiger partial charge in [0.15, 0.2) is 0 Å². The molecule has 0 aliphatic carbocycles. The van der Waals surface area contributed by atoms with Gasteiger partial charge in [0, 0.05) is 21.9 Å². The minimum atomic E-state index is 0.0942. The van der Waals surface area contributed by atoms with E-state index in [1.165, 1.54) is 10.5 Å². The van der Waals surface area contributed by atoms with Gasteiger partial charge < -0.3 is 0 Å². The molecule has 0 aromatic heterocycles. The van der Waals surface area contributed by atoms with Crippen LogP contribution in [0.25, 0.3) is 0 Å². The van der Waals surface area contributed by atoms with Crippen molar-refractivity contribution in [1.82, 2.24) is 0 Å². The quantitative estimate of drug-likeness (QED) is 0.615. The maximum Gasteiger partial charge on any atom is 0.0291 e. The summed E-state index contributed by atoms with van der Waals surface area (Å²) in [6.45, 7) is 4.51. The van der Waals surface area contributed by atoms with Crippen LogP contribution in [0.1, 0.15) is 32.3 Å². The fraction of sp³-hybridized carbons (Fsp3) is 0.625. The van der Waals surface area contributed by atoms with Crippen molar-refractivity contribution < 1.29 is 0 Å². The molecule has 1 aliphatic heterocycles. The molecule has 0 bridgehead atoms. The smallest absolute Gasteiger partial charge is 0.0291 e.